The van der Waals surface area contributed by atoms with E-state index in [0.717, 1.165) is 25.5 Å². The molecule has 1 fully saturated rings. The maximum absolute atomic E-state index is 13.0. The molecule has 0 unspecified atom stereocenters. The van der Waals surface area contributed by atoms with E-state index in [-0.39, 0.29) is 32.6 Å². The number of nitrogens with two attached hydrogens (primary N) is 1. The van der Waals surface area contributed by atoms with Gasteiger partial charge in [-0.15, -0.1) is 0 Å². The highest BCUT2D eigenvalue weighted by molar-refractivity contribution is 7.91. The predicted molar refractivity (Wildman–Crippen MR) is 106 cm³/mol. The Morgan fingerprint density at radius 3 is 2.69 bits per heavy atom. The molecule has 3 N–H and O–H groups in total. The van der Waals surface area contributed by atoms with Crippen molar-refractivity contribution in [2.24, 2.45) is 11.7 Å². The molecule has 2 aromatic rings. The van der Waals surface area contributed by atoms with Crippen molar-refractivity contribution >= 4 is 27.1 Å². The summed E-state index contributed by atoms with van der Waals surface area (Å²) in [5, 5.41) is 14.6. The molecule has 0 aromatic heterocycles. The number of hydrogen-bond donors (Lipinski definition) is 2. The van der Waals surface area contributed by atoms with Crippen LogP contribution in [0.4, 0.5) is 11.4 Å². The molecule has 1 amide bonds. The summed E-state index contributed by atoms with van der Waals surface area (Å²) >= 11 is 0. The van der Waals surface area contributed by atoms with Gasteiger partial charge in [0.25, 0.3) is 5.69 Å². The molecular weight excluding hydrogens is 398 g/mol. The van der Waals surface area contributed by atoms with Gasteiger partial charge in [0.1, 0.15) is 5.69 Å². The molecule has 0 bridgehead atoms. The quantitative estimate of drug-likeness (QED) is 0.518. The molecule has 9 nitrogen and oxygen atoms in total. The van der Waals surface area contributed by atoms with Crippen molar-refractivity contribution in [3.05, 3.63) is 58.1 Å². The second kappa shape index (κ2) is 8.58. The lowest BCUT2D eigenvalue weighted by atomic mass is 10.0. The van der Waals surface area contributed by atoms with E-state index in [0.29, 0.717) is 13.2 Å². The molecule has 1 heterocycles. The van der Waals surface area contributed by atoms with Crippen molar-refractivity contribution in [2.75, 3.05) is 25.1 Å². The molecule has 10 heteroatoms. The van der Waals surface area contributed by atoms with Gasteiger partial charge in [0.15, 0.2) is 0 Å². The maximum atomic E-state index is 13.0. The zero-order valence-corrected chi connectivity index (χ0v) is 16.4. The minimum atomic E-state index is -4.18. The number of ether oxygens (including phenoxy) is 1. The SMILES string of the molecule is NC(=O)c1ccccc1S(=O)(=O)c1ccc(NC[C@@H]2CCCOC2)c([N+](=O)[O-])c1. The van der Waals surface area contributed by atoms with Crippen molar-refractivity contribution < 1.29 is 22.9 Å². The van der Waals surface area contributed by atoms with Crippen LogP contribution in [-0.4, -0.2) is 39.0 Å². The largest absolute Gasteiger partial charge is 0.381 e. The number of benzene rings is 2. The first kappa shape index (κ1) is 20.7. The van der Waals surface area contributed by atoms with Crippen molar-refractivity contribution in [1.29, 1.82) is 0 Å². The van der Waals surface area contributed by atoms with Crippen molar-refractivity contribution in [2.45, 2.75) is 22.6 Å². The number of nitrogens with zero attached hydrogens (tertiary/aromatic N) is 1. The molecule has 0 aliphatic carbocycles. The minimum Gasteiger partial charge on any atom is -0.381 e. The van der Waals surface area contributed by atoms with Gasteiger partial charge in [0.2, 0.25) is 15.7 Å². The van der Waals surface area contributed by atoms with Crippen LogP contribution in [0.3, 0.4) is 0 Å². The van der Waals surface area contributed by atoms with Crippen LogP contribution in [-0.2, 0) is 14.6 Å². The topological polar surface area (TPSA) is 142 Å². The van der Waals surface area contributed by atoms with Crippen LogP contribution in [0.5, 0.6) is 0 Å². The monoisotopic (exact) mass is 419 g/mol. The van der Waals surface area contributed by atoms with E-state index in [9.17, 15) is 23.3 Å². The number of nitrogens with one attached hydrogen (secondary N) is 1. The van der Waals surface area contributed by atoms with Crippen LogP contribution in [0.25, 0.3) is 0 Å². The highest BCUT2D eigenvalue weighted by atomic mass is 32.2. The van der Waals surface area contributed by atoms with Crippen LogP contribution in [0.2, 0.25) is 0 Å². The lowest BCUT2D eigenvalue weighted by Crippen LogP contribution is -2.24. The molecule has 3 rings (SSSR count). The summed E-state index contributed by atoms with van der Waals surface area (Å²) in [7, 11) is -4.18. The van der Waals surface area contributed by atoms with Gasteiger partial charge < -0.3 is 15.8 Å². The number of nitro benzene ring substituents is 1. The fraction of sp³-hybridized carbons (Fsp3) is 0.316. The second-order valence-electron chi connectivity index (χ2n) is 6.76. The van der Waals surface area contributed by atoms with E-state index in [4.69, 9.17) is 10.5 Å². The molecule has 0 radical (unpaired) electrons. The van der Waals surface area contributed by atoms with Gasteiger partial charge in [-0.1, -0.05) is 12.1 Å². The number of sulfone groups is 1. The smallest absolute Gasteiger partial charge is 0.293 e. The highest BCUT2D eigenvalue weighted by Crippen LogP contribution is 2.32. The van der Waals surface area contributed by atoms with E-state index in [1.54, 1.807) is 0 Å². The van der Waals surface area contributed by atoms with Crippen molar-refractivity contribution in [3.8, 4) is 0 Å². The van der Waals surface area contributed by atoms with E-state index < -0.39 is 20.7 Å². The van der Waals surface area contributed by atoms with E-state index >= 15 is 0 Å². The normalized spacial score (nSPS) is 16.9. The summed E-state index contributed by atoms with van der Waals surface area (Å²) in [5.74, 6) is -0.666. The second-order valence-corrected chi connectivity index (χ2v) is 8.68. The fourth-order valence-electron chi connectivity index (χ4n) is 3.23. The molecule has 0 saturated carbocycles. The number of nitro groups is 1. The van der Waals surface area contributed by atoms with E-state index in [1.807, 2.05) is 0 Å². The summed E-state index contributed by atoms with van der Waals surface area (Å²) in [6.07, 6.45) is 1.89. The average Bonchev–Trinajstić information content (AvgIpc) is 2.72. The van der Waals surface area contributed by atoms with Gasteiger partial charge >= 0.3 is 0 Å². The standard InChI is InChI=1S/C19H21N3O6S/c20-19(23)15-5-1-2-6-18(15)29(26,27)14-7-8-16(17(10-14)22(24)25)21-11-13-4-3-9-28-12-13/h1-2,5-8,10,13,21H,3-4,9,11-12H2,(H2,20,23)/t13-/m0/s1. The molecule has 154 valence electrons. The summed E-state index contributed by atoms with van der Waals surface area (Å²) in [6, 6.07) is 9.12. The Balaban J connectivity index is 1.93. The van der Waals surface area contributed by atoms with Crippen LogP contribution >= 0.6 is 0 Å². The third-order valence-electron chi connectivity index (χ3n) is 4.75. The Labute approximate surface area is 167 Å². The number of amides is 1. The van der Waals surface area contributed by atoms with Crippen LogP contribution < -0.4 is 11.1 Å². The maximum Gasteiger partial charge on any atom is 0.293 e. The molecule has 1 atom stereocenters. The minimum absolute atomic E-state index is 0.172. The fourth-order valence-corrected chi connectivity index (χ4v) is 4.72. The Morgan fingerprint density at radius 2 is 2.03 bits per heavy atom. The predicted octanol–water partition coefficient (Wildman–Crippen LogP) is 2.37. The lowest BCUT2D eigenvalue weighted by molar-refractivity contribution is -0.384. The summed E-state index contributed by atoms with van der Waals surface area (Å²) in [6.45, 7) is 1.78. The number of rotatable bonds is 7. The molecule has 1 aliphatic rings. The van der Waals surface area contributed by atoms with Crippen molar-refractivity contribution in [1.82, 2.24) is 0 Å². The van der Waals surface area contributed by atoms with Crippen LogP contribution in [0.1, 0.15) is 23.2 Å². The Bertz CT molecular complexity index is 1030. The number of hydrogen-bond acceptors (Lipinski definition) is 7. The lowest BCUT2D eigenvalue weighted by Gasteiger charge is -2.22. The van der Waals surface area contributed by atoms with Gasteiger partial charge in [0.05, 0.1) is 26.9 Å². The molecular formula is C19H21N3O6S. The number of primary amides is 1. The number of anilines is 1. The number of carbonyl (C=O) groups is 1. The zero-order valence-electron chi connectivity index (χ0n) is 15.5. The number of carbonyl (C=O) groups excluding carboxylic acids is 1. The van der Waals surface area contributed by atoms with Crippen LogP contribution in [0.15, 0.2) is 52.3 Å². The third kappa shape index (κ3) is 4.54. The summed E-state index contributed by atoms with van der Waals surface area (Å²) in [5.41, 5.74) is 4.96. The van der Waals surface area contributed by atoms with E-state index in [1.165, 1.54) is 36.4 Å². The zero-order chi connectivity index (χ0) is 21.0. The summed E-state index contributed by atoms with van der Waals surface area (Å²) < 4.78 is 31.4. The molecule has 0 spiro atoms. The van der Waals surface area contributed by atoms with Gasteiger partial charge in [-0.2, -0.15) is 0 Å². The van der Waals surface area contributed by atoms with Crippen molar-refractivity contribution in [3.63, 3.8) is 0 Å². The first-order valence-corrected chi connectivity index (χ1v) is 10.5. The van der Waals surface area contributed by atoms with Crippen LogP contribution in [0, 0.1) is 16.0 Å². The Morgan fingerprint density at radius 1 is 1.28 bits per heavy atom. The third-order valence-corrected chi connectivity index (χ3v) is 6.56. The summed E-state index contributed by atoms with van der Waals surface area (Å²) in [4.78, 5) is 21.9. The molecule has 2 aromatic carbocycles. The van der Waals surface area contributed by atoms with E-state index in [2.05, 4.69) is 5.32 Å². The van der Waals surface area contributed by atoms with Gasteiger partial charge in [-0.05, 0) is 43.0 Å². The average molecular weight is 419 g/mol. The van der Waals surface area contributed by atoms with Gasteiger partial charge in [0, 0.05) is 19.2 Å². The molecule has 1 aliphatic heterocycles. The first-order chi connectivity index (χ1) is 13.8. The van der Waals surface area contributed by atoms with Gasteiger partial charge in [-0.3, -0.25) is 14.9 Å². The Hall–Kier alpha value is -2.98. The first-order valence-electron chi connectivity index (χ1n) is 9.04. The van der Waals surface area contributed by atoms with Gasteiger partial charge in [-0.25, -0.2) is 8.42 Å². The Kier molecular flexibility index (Phi) is 6.14. The molecule has 29 heavy (non-hydrogen) atoms. The highest BCUT2D eigenvalue weighted by Gasteiger charge is 2.27. The molecule has 1 saturated heterocycles.